The van der Waals surface area contributed by atoms with Crippen molar-refractivity contribution in [1.29, 1.82) is 0 Å². The minimum Gasteiger partial charge on any atom is -0.459 e. The Balaban J connectivity index is 0.00000182. The maximum absolute atomic E-state index is 12.3. The van der Waals surface area contributed by atoms with Gasteiger partial charge in [-0.1, -0.05) is 18.2 Å². The lowest BCUT2D eigenvalue weighted by Crippen LogP contribution is -2.48. The number of fused-ring (bicyclic) bond motifs is 1. The normalized spacial score (nSPS) is 16.2. The third kappa shape index (κ3) is 3.41. The second-order valence-electron chi connectivity index (χ2n) is 6.29. The van der Waals surface area contributed by atoms with Gasteiger partial charge in [0.2, 0.25) is 5.91 Å². The Morgan fingerprint density at radius 2 is 2.08 bits per heavy atom. The quantitative estimate of drug-likeness (QED) is 0.850. The largest absolute Gasteiger partial charge is 0.459 e. The molecule has 0 unspecified atom stereocenters. The lowest BCUT2D eigenvalue weighted by atomic mass is 10.0. The van der Waals surface area contributed by atoms with Gasteiger partial charge in [-0.15, -0.1) is 12.4 Å². The standard InChI is InChI=1S/C18H19N3O3.ClH/c22-16-7-13-3-1-2-4-15(13)21(16)11-14-5-6-24-17(14)18(23)20-10-12-8-19-9-12;/h1-6,12,19H,7-11H2,(H,20,23);1H. The number of amides is 2. The molecule has 1 aromatic heterocycles. The van der Waals surface area contributed by atoms with Gasteiger partial charge in [0.05, 0.1) is 19.2 Å². The van der Waals surface area contributed by atoms with Gasteiger partial charge in [-0.05, 0) is 17.7 Å². The highest BCUT2D eigenvalue weighted by atomic mass is 35.5. The number of para-hydroxylation sites is 1. The van der Waals surface area contributed by atoms with Gasteiger partial charge in [0.25, 0.3) is 5.91 Å². The minimum absolute atomic E-state index is 0. The molecule has 132 valence electrons. The fourth-order valence-electron chi connectivity index (χ4n) is 3.13. The van der Waals surface area contributed by atoms with Crippen LogP contribution in [0.2, 0.25) is 0 Å². The number of hydrogen-bond acceptors (Lipinski definition) is 4. The summed E-state index contributed by atoms with van der Waals surface area (Å²) < 4.78 is 5.38. The monoisotopic (exact) mass is 361 g/mol. The molecule has 0 radical (unpaired) electrons. The average Bonchev–Trinajstić information content (AvgIpc) is 3.11. The third-order valence-corrected chi connectivity index (χ3v) is 4.62. The SMILES string of the molecule is Cl.O=C(NCC1CNC1)c1occc1CN1C(=O)Cc2ccccc21. The van der Waals surface area contributed by atoms with Gasteiger partial charge in [-0.3, -0.25) is 9.59 Å². The molecule has 3 heterocycles. The molecule has 4 rings (SSSR count). The van der Waals surface area contributed by atoms with E-state index in [-0.39, 0.29) is 24.2 Å². The molecule has 0 spiro atoms. The molecule has 2 aromatic rings. The number of carbonyl (C=O) groups excluding carboxylic acids is 2. The van der Waals surface area contributed by atoms with E-state index < -0.39 is 0 Å². The molecule has 1 fully saturated rings. The van der Waals surface area contributed by atoms with E-state index in [2.05, 4.69) is 10.6 Å². The van der Waals surface area contributed by atoms with E-state index in [9.17, 15) is 9.59 Å². The summed E-state index contributed by atoms with van der Waals surface area (Å²) in [6.45, 7) is 2.85. The van der Waals surface area contributed by atoms with Crippen LogP contribution in [0.4, 0.5) is 5.69 Å². The first-order valence-corrected chi connectivity index (χ1v) is 8.16. The van der Waals surface area contributed by atoms with Gasteiger partial charge >= 0.3 is 0 Å². The first kappa shape index (κ1) is 17.5. The summed E-state index contributed by atoms with van der Waals surface area (Å²) in [5.41, 5.74) is 2.66. The molecule has 0 saturated carbocycles. The highest BCUT2D eigenvalue weighted by Gasteiger charge is 2.29. The van der Waals surface area contributed by atoms with E-state index in [1.807, 2.05) is 24.3 Å². The van der Waals surface area contributed by atoms with E-state index in [1.54, 1.807) is 11.0 Å². The first-order chi connectivity index (χ1) is 11.7. The van der Waals surface area contributed by atoms with Gasteiger partial charge in [0.1, 0.15) is 0 Å². The number of nitrogens with one attached hydrogen (secondary N) is 2. The number of anilines is 1. The van der Waals surface area contributed by atoms with E-state index >= 15 is 0 Å². The van der Waals surface area contributed by atoms with Crippen LogP contribution in [0, 0.1) is 5.92 Å². The topological polar surface area (TPSA) is 74.6 Å². The summed E-state index contributed by atoms with van der Waals surface area (Å²) in [4.78, 5) is 26.3. The Morgan fingerprint density at radius 1 is 1.28 bits per heavy atom. The second-order valence-corrected chi connectivity index (χ2v) is 6.29. The predicted octanol–water partition coefficient (Wildman–Crippen LogP) is 1.74. The molecule has 25 heavy (non-hydrogen) atoms. The Hall–Kier alpha value is -2.31. The van der Waals surface area contributed by atoms with Crippen LogP contribution in [0.25, 0.3) is 0 Å². The van der Waals surface area contributed by atoms with Gasteiger partial charge in [0.15, 0.2) is 5.76 Å². The van der Waals surface area contributed by atoms with E-state index in [4.69, 9.17) is 4.42 Å². The lowest BCUT2D eigenvalue weighted by molar-refractivity contribution is -0.117. The molecule has 2 aliphatic rings. The summed E-state index contributed by atoms with van der Waals surface area (Å²) in [6.07, 6.45) is 1.91. The zero-order chi connectivity index (χ0) is 16.5. The highest BCUT2D eigenvalue weighted by Crippen LogP contribution is 2.30. The fourth-order valence-corrected chi connectivity index (χ4v) is 3.13. The van der Waals surface area contributed by atoms with Gasteiger partial charge in [-0.2, -0.15) is 0 Å². The molecule has 2 amide bonds. The van der Waals surface area contributed by atoms with Crippen molar-refractivity contribution in [3.63, 3.8) is 0 Å². The molecular weight excluding hydrogens is 342 g/mol. The van der Waals surface area contributed by atoms with Crippen LogP contribution in [0.3, 0.4) is 0 Å². The molecule has 0 aliphatic carbocycles. The van der Waals surface area contributed by atoms with Crippen LogP contribution in [0.1, 0.15) is 21.7 Å². The minimum atomic E-state index is -0.221. The van der Waals surface area contributed by atoms with Crippen LogP contribution in [-0.4, -0.2) is 31.4 Å². The van der Waals surface area contributed by atoms with Crippen LogP contribution < -0.4 is 15.5 Å². The molecule has 0 atom stereocenters. The van der Waals surface area contributed by atoms with Crippen LogP contribution in [-0.2, 0) is 17.8 Å². The van der Waals surface area contributed by atoms with Crippen molar-refractivity contribution in [2.45, 2.75) is 13.0 Å². The second kappa shape index (κ2) is 7.29. The first-order valence-electron chi connectivity index (χ1n) is 8.16. The van der Waals surface area contributed by atoms with Crippen LogP contribution in [0.5, 0.6) is 0 Å². The third-order valence-electron chi connectivity index (χ3n) is 4.62. The maximum Gasteiger partial charge on any atom is 0.287 e. The van der Waals surface area contributed by atoms with Crippen molar-refractivity contribution < 1.29 is 14.0 Å². The molecule has 0 bridgehead atoms. The van der Waals surface area contributed by atoms with Crippen molar-refractivity contribution in [2.75, 3.05) is 24.5 Å². The molecular formula is C18H20ClN3O3. The molecule has 2 N–H and O–H groups in total. The molecule has 1 saturated heterocycles. The van der Waals surface area contributed by atoms with Crippen molar-refractivity contribution in [3.8, 4) is 0 Å². The zero-order valence-electron chi connectivity index (χ0n) is 13.7. The maximum atomic E-state index is 12.3. The van der Waals surface area contributed by atoms with Crippen molar-refractivity contribution in [1.82, 2.24) is 10.6 Å². The lowest BCUT2D eigenvalue weighted by Gasteiger charge is -2.27. The number of carbonyl (C=O) groups is 2. The number of hydrogen-bond donors (Lipinski definition) is 2. The van der Waals surface area contributed by atoms with Gasteiger partial charge < -0.3 is 20.0 Å². The van der Waals surface area contributed by atoms with Gasteiger partial charge in [0, 0.05) is 36.8 Å². The predicted molar refractivity (Wildman–Crippen MR) is 96.0 cm³/mol. The Bertz CT molecular complexity index is 785. The van der Waals surface area contributed by atoms with Crippen LogP contribution >= 0.6 is 12.4 Å². The summed E-state index contributed by atoms with van der Waals surface area (Å²) >= 11 is 0. The zero-order valence-corrected chi connectivity index (χ0v) is 14.5. The Kier molecular flexibility index (Phi) is 5.11. The molecule has 7 heteroatoms. The number of benzene rings is 1. The van der Waals surface area contributed by atoms with E-state index in [0.29, 0.717) is 31.2 Å². The summed E-state index contributed by atoms with van der Waals surface area (Å²) in [5.74, 6) is 0.602. The molecule has 2 aliphatic heterocycles. The van der Waals surface area contributed by atoms with E-state index in [1.165, 1.54) is 6.26 Å². The van der Waals surface area contributed by atoms with Crippen LogP contribution in [0.15, 0.2) is 41.0 Å². The number of rotatable bonds is 5. The molecule has 6 nitrogen and oxygen atoms in total. The number of nitrogens with zero attached hydrogens (tertiary/aromatic N) is 1. The van der Waals surface area contributed by atoms with Crippen molar-refractivity contribution in [3.05, 3.63) is 53.5 Å². The van der Waals surface area contributed by atoms with E-state index in [0.717, 1.165) is 29.9 Å². The average molecular weight is 362 g/mol. The Morgan fingerprint density at radius 3 is 2.84 bits per heavy atom. The molecule has 1 aromatic carbocycles. The fraction of sp³-hybridized carbons (Fsp3) is 0.333. The summed E-state index contributed by atoms with van der Waals surface area (Å²) in [5, 5.41) is 6.08. The Labute approximate surface area is 152 Å². The smallest absolute Gasteiger partial charge is 0.287 e. The summed E-state index contributed by atoms with van der Waals surface area (Å²) in [6, 6.07) is 9.50. The number of halogens is 1. The van der Waals surface area contributed by atoms with Gasteiger partial charge in [-0.25, -0.2) is 0 Å². The van der Waals surface area contributed by atoms with Crippen molar-refractivity contribution in [2.24, 2.45) is 5.92 Å². The van der Waals surface area contributed by atoms with Crippen molar-refractivity contribution >= 4 is 29.9 Å². The highest BCUT2D eigenvalue weighted by molar-refractivity contribution is 6.01. The summed E-state index contributed by atoms with van der Waals surface area (Å²) in [7, 11) is 0. The number of furan rings is 1.